The van der Waals surface area contributed by atoms with E-state index in [1.54, 1.807) is 6.08 Å². The molecule has 4 heteroatoms. The van der Waals surface area contributed by atoms with E-state index in [-0.39, 0.29) is 17.2 Å². The molecule has 27 heavy (non-hydrogen) atoms. The van der Waals surface area contributed by atoms with Crippen LogP contribution in [0.3, 0.4) is 0 Å². The van der Waals surface area contributed by atoms with Crippen LogP contribution in [0.4, 0.5) is 0 Å². The van der Waals surface area contributed by atoms with E-state index in [2.05, 4.69) is 12.8 Å². The lowest BCUT2D eigenvalue weighted by Crippen LogP contribution is -2.56. The molecular formula is C23H30O4. The summed E-state index contributed by atoms with van der Waals surface area (Å²) in [6.45, 7) is 3.61. The highest BCUT2D eigenvalue weighted by molar-refractivity contribution is 5.91. The lowest BCUT2D eigenvalue weighted by atomic mass is 9.49. The number of carbonyl (C=O) groups is 2. The molecule has 7 atom stereocenters. The van der Waals surface area contributed by atoms with Gasteiger partial charge in [0.2, 0.25) is 0 Å². The monoisotopic (exact) mass is 370 g/mol. The van der Waals surface area contributed by atoms with E-state index in [0.29, 0.717) is 42.9 Å². The highest BCUT2D eigenvalue weighted by Gasteiger charge is 2.66. The van der Waals surface area contributed by atoms with Crippen molar-refractivity contribution in [2.75, 3.05) is 0 Å². The van der Waals surface area contributed by atoms with Gasteiger partial charge >= 0.3 is 5.97 Å². The molecule has 4 aliphatic rings. The molecule has 0 bridgehead atoms. The van der Waals surface area contributed by atoms with Gasteiger partial charge in [0.1, 0.15) is 0 Å². The standard InChI is InChI=1S/C23H30O4/c1-4-22-10-8-17-16-7-6-15(25)12-19(16)21(26)13-18(17)20(22)9-11-23(22,5-2)27-14(3)24/h2,12,16-18,20-21,26H,4,6-11,13H2,1,3H3. The molecule has 3 saturated carbocycles. The van der Waals surface area contributed by atoms with E-state index in [0.717, 1.165) is 37.7 Å². The SMILES string of the molecule is C#CC1(OC(C)=O)CCC2C3CC(O)C4=CC(=O)CCC4C3CCC21CC. The summed E-state index contributed by atoms with van der Waals surface area (Å²) in [6, 6.07) is 0. The number of esters is 1. The molecular weight excluding hydrogens is 340 g/mol. The Kier molecular flexibility index (Phi) is 4.50. The molecule has 1 N–H and O–H groups in total. The van der Waals surface area contributed by atoms with Crippen LogP contribution >= 0.6 is 0 Å². The topological polar surface area (TPSA) is 63.6 Å². The highest BCUT2D eigenvalue weighted by Crippen LogP contribution is 2.67. The lowest BCUT2D eigenvalue weighted by molar-refractivity contribution is -0.171. The minimum Gasteiger partial charge on any atom is -0.445 e. The molecule has 4 nitrogen and oxygen atoms in total. The molecule has 0 aromatic carbocycles. The summed E-state index contributed by atoms with van der Waals surface area (Å²) >= 11 is 0. The number of fused-ring (bicyclic) bond motifs is 5. The second-order valence-corrected chi connectivity index (χ2v) is 9.09. The molecule has 0 amide bonds. The van der Waals surface area contributed by atoms with Crippen molar-refractivity contribution in [1.29, 1.82) is 0 Å². The molecule has 7 unspecified atom stereocenters. The number of carbonyl (C=O) groups excluding carboxylic acids is 2. The van der Waals surface area contributed by atoms with Gasteiger partial charge in [0.15, 0.2) is 11.4 Å². The van der Waals surface area contributed by atoms with Crippen LogP contribution < -0.4 is 0 Å². The number of hydrogen-bond acceptors (Lipinski definition) is 4. The predicted molar refractivity (Wildman–Crippen MR) is 101 cm³/mol. The minimum absolute atomic E-state index is 0.152. The Bertz CT molecular complexity index is 731. The summed E-state index contributed by atoms with van der Waals surface area (Å²) < 4.78 is 5.85. The van der Waals surface area contributed by atoms with Gasteiger partial charge in [-0.2, -0.15) is 0 Å². The van der Waals surface area contributed by atoms with Gasteiger partial charge in [0.25, 0.3) is 0 Å². The van der Waals surface area contributed by atoms with Crippen LogP contribution in [0.2, 0.25) is 0 Å². The third-order valence-electron chi connectivity index (χ3n) is 8.35. The van der Waals surface area contributed by atoms with Crippen molar-refractivity contribution < 1.29 is 19.4 Å². The Morgan fingerprint density at radius 2 is 2.11 bits per heavy atom. The Labute approximate surface area is 161 Å². The van der Waals surface area contributed by atoms with Gasteiger partial charge in [-0.25, -0.2) is 0 Å². The molecule has 0 aromatic heterocycles. The van der Waals surface area contributed by atoms with Gasteiger partial charge < -0.3 is 9.84 Å². The molecule has 0 saturated heterocycles. The fourth-order valence-electron chi connectivity index (χ4n) is 7.37. The number of aliphatic hydroxyl groups excluding tert-OH is 1. The second-order valence-electron chi connectivity index (χ2n) is 9.09. The summed E-state index contributed by atoms with van der Waals surface area (Å²) in [5, 5.41) is 10.8. The van der Waals surface area contributed by atoms with E-state index in [1.165, 1.54) is 6.92 Å². The van der Waals surface area contributed by atoms with Gasteiger partial charge in [-0.15, -0.1) is 6.42 Å². The highest BCUT2D eigenvalue weighted by atomic mass is 16.6. The zero-order valence-corrected chi connectivity index (χ0v) is 16.4. The van der Waals surface area contributed by atoms with E-state index in [1.807, 2.05) is 0 Å². The zero-order chi connectivity index (χ0) is 19.4. The molecule has 0 spiro atoms. The van der Waals surface area contributed by atoms with Gasteiger partial charge in [-0.05, 0) is 80.3 Å². The van der Waals surface area contributed by atoms with E-state index in [9.17, 15) is 14.7 Å². The third-order valence-corrected chi connectivity index (χ3v) is 8.35. The van der Waals surface area contributed by atoms with E-state index in [4.69, 9.17) is 11.2 Å². The van der Waals surface area contributed by atoms with Crippen LogP contribution in [-0.4, -0.2) is 28.6 Å². The summed E-state index contributed by atoms with van der Waals surface area (Å²) in [5.41, 5.74) is -0.0370. The number of aliphatic hydroxyl groups is 1. The Morgan fingerprint density at radius 3 is 2.78 bits per heavy atom. The van der Waals surface area contributed by atoms with Crippen LogP contribution in [0, 0.1) is 41.4 Å². The first-order valence-electron chi connectivity index (χ1n) is 10.5. The number of ether oxygens (including phenoxy) is 1. The minimum atomic E-state index is -0.813. The Morgan fingerprint density at radius 1 is 1.33 bits per heavy atom. The van der Waals surface area contributed by atoms with Crippen molar-refractivity contribution in [3.63, 3.8) is 0 Å². The van der Waals surface area contributed by atoms with Crippen LogP contribution in [0.1, 0.15) is 65.2 Å². The summed E-state index contributed by atoms with van der Waals surface area (Å²) in [4.78, 5) is 23.7. The maximum absolute atomic E-state index is 11.9. The van der Waals surface area contributed by atoms with E-state index >= 15 is 0 Å². The molecule has 146 valence electrons. The first kappa shape index (κ1) is 18.7. The van der Waals surface area contributed by atoms with Crippen molar-refractivity contribution >= 4 is 11.8 Å². The van der Waals surface area contributed by atoms with Gasteiger partial charge in [0, 0.05) is 18.8 Å². The van der Waals surface area contributed by atoms with Gasteiger partial charge in [0.05, 0.1) is 6.10 Å². The van der Waals surface area contributed by atoms with E-state index < -0.39 is 11.7 Å². The molecule has 0 radical (unpaired) electrons. The van der Waals surface area contributed by atoms with Crippen LogP contribution in [0.5, 0.6) is 0 Å². The lowest BCUT2D eigenvalue weighted by Gasteiger charge is -2.57. The number of rotatable bonds is 2. The molecule has 0 aromatic rings. The zero-order valence-electron chi connectivity index (χ0n) is 16.4. The fourth-order valence-corrected chi connectivity index (χ4v) is 7.37. The van der Waals surface area contributed by atoms with Crippen molar-refractivity contribution in [2.45, 2.75) is 76.9 Å². The van der Waals surface area contributed by atoms with Crippen molar-refractivity contribution in [3.05, 3.63) is 11.6 Å². The van der Waals surface area contributed by atoms with Crippen molar-refractivity contribution in [1.82, 2.24) is 0 Å². The predicted octanol–water partition coefficient (Wildman–Crippen LogP) is 3.42. The molecule has 3 fully saturated rings. The Hall–Kier alpha value is -1.60. The van der Waals surface area contributed by atoms with Crippen LogP contribution in [-0.2, 0) is 14.3 Å². The number of terminal acetylenes is 1. The summed E-state index contributed by atoms with van der Waals surface area (Å²) in [5.74, 6) is 4.33. The average Bonchev–Trinajstić information content (AvgIpc) is 2.97. The quantitative estimate of drug-likeness (QED) is 0.597. The third kappa shape index (κ3) is 2.54. The van der Waals surface area contributed by atoms with Crippen LogP contribution in [0.15, 0.2) is 11.6 Å². The molecule has 4 rings (SSSR count). The maximum Gasteiger partial charge on any atom is 0.304 e. The molecule has 0 heterocycles. The fraction of sp³-hybridized carbons (Fsp3) is 0.739. The second kappa shape index (κ2) is 6.48. The number of hydrogen-bond donors (Lipinski definition) is 1. The van der Waals surface area contributed by atoms with Crippen molar-refractivity contribution in [2.24, 2.45) is 29.1 Å². The largest absolute Gasteiger partial charge is 0.445 e. The number of ketones is 1. The van der Waals surface area contributed by atoms with Gasteiger partial charge in [-0.1, -0.05) is 12.8 Å². The summed E-state index contributed by atoms with van der Waals surface area (Å²) in [7, 11) is 0. The van der Waals surface area contributed by atoms with Crippen molar-refractivity contribution in [3.8, 4) is 12.3 Å². The van der Waals surface area contributed by atoms with Crippen LogP contribution in [0.25, 0.3) is 0 Å². The first-order chi connectivity index (χ1) is 12.9. The van der Waals surface area contributed by atoms with Gasteiger partial charge in [-0.3, -0.25) is 9.59 Å². The maximum atomic E-state index is 11.9. The Balaban J connectivity index is 1.71. The normalized spacial score (nSPS) is 45.8. The average molecular weight is 370 g/mol. The molecule has 4 aliphatic carbocycles. The first-order valence-corrected chi connectivity index (χ1v) is 10.5. The molecule has 0 aliphatic heterocycles. The summed E-state index contributed by atoms with van der Waals surface area (Å²) in [6.07, 6.45) is 13.9. The smallest absolute Gasteiger partial charge is 0.304 e.